The van der Waals surface area contributed by atoms with E-state index in [1.165, 1.54) is 0 Å². The van der Waals surface area contributed by atoms with Crippen LogP contribution in [0.15, 0.2) is 42.3 Å². The summed E-state index contributed by atoms with van der Waals surface area (Å²) in [6.45, 7) is 0. The smallest absolute Gasteiger partial charge is 0.265 e. The van der Waals surface area contributed by atoms with Crippen molar-refractivity contribution >= 4 is 6.21 Å². The Morgan fingerprint density at radius 2 is 2.23 bits per heavy atom. The van der Waals surface area contributed by atoms with Gasteiger partial charge < -0.3 is 0 Å². The second kappa shape index (κ2) is 3.57. The van der Waals surface area contributed by atoms with Gasteiger partial charge in [0.1, 0.15) is 0 Å². The van der Waals surface area contributed by atoms with E-state index >= 15 is 0 Å². The second-order valence-electron chi connectivity index (χ2n) is 2.41. The highest BCUT2D eigenvalue weighted by atomic mass is 15.4. The van der Waals surface area contributed by atoms with Crippen LogP contribution < -0.4 is 4.68 Å². The van der Waals surface area contributed by atoms with Crippen LogP contribution in [0.1, 0.15) is 5.56 Å². The van der Waals surface area contributed by atoms with E-state index in [-0.39, 0.29) is 0 Å². The highest BCUT2D eigenvalue weighted by molar-refractivity contribution is 5.78. The lowest BCUT2D eigenvalue weighted by molar-refractivity contribution is -0.678. The number of hydrogen-bond acceptors (Lipinski definition) is 3. The monoisotopic (exact) mass is 174 g/mol. The summed E-state index contributed by atoms with van der Waals surface area (Å²) in [5.41, 5.74) is 1.00. The number of aromatic nitrogens is 4. The Bertz CT molecular complexity index is 378. The predicted molar refractivity (Wildman–Crippen MR) is 46.0 cm³/mol. The number of hydrogen-bond donors (Lipinski definition) is 1. The third kappa shape index (κ3) is 1.96. The van der Waals surface area contributed by atoms with E-state index in [1.54, 1.807) is 35.9 Å². The lowest BCUT2D eigenvalue weighted by Crippen LogP contribution is -2.23. The molecule has 13 heavy (non-hydrogen) atoms. The molecule has 0 aliphatic carbocycles. The van der Waals surface area contributed by atoms with Crippen LogP contribution in [0.4, 0.5) is 0 Å². The fraction of sp³-hybridized carbons (Fsp3) is 0. The van der Waals surface area contributed by atoms with Gasteiger partial charge in [-0.25, -0.2) is 0 Å². The zero-order chi connectivity index (χ0) is 8.93. The van der Waals surface area contributed by atoms with E-state index in [2.05, 4.69) is 20.3 Å². The number of H-pyrrole nitrogens is 1. The summed E-state index contributed by atoms with van der Waals surface area (Å²) in [4.78, 5) is 3.90. The minimum Gasteiger partial charge on any atom is -0.265 e. The van der Waals surface area contributed by atoms with Crippen LogP contribution in [-0.2, 0) is 0 Å². The van der Waals surface area contributed by atoms with Gasteiger partial charge in [0, 0.05) is 17.5 Å². The van der Waals surface area contributed by atoms with Crippen molar-refractivity contribution in [1.29, 1.82) is 0 Å². The number of rotatable bonds is 2. The molecule has 0 aliphatic heterocycles. The van der Waals surface area contributed by atoms with E-state index in [0.29, 0.717) is 0 Å². The van der Waals surface area contributed by atoms with Crippen LogP contribution in [0, 0.1) is 0 Å². The lowest BCUT2D eigenvalue weighted by atomic mass is 10.3. The second-order valence-corrected chi connectivity index (χ2v) is 2.41. The Hall–Kier alpha value is -2.04. The van der Waals surface area contributed by atoms with Crippen molar-refractivity contribution in [2.45, 2.75) is 0 Å². The summed E-state index contributed by atoms with van der Waals surface area (Å²) in [7, 11) is 0. The van der Waals surface area contributed by atoms with Crippen molar-refractivity contribution in [3.63, 3.8) is 0 Å². The molecule has 1 N–H and O–H groups in total. The summed E-state index contributed by atoms with van der Waals surface area (Å²) in [5, 5.41) is 10.5. The van der Waals surface area contributed by atoms with E-state index in [1.807, 2.05) is 12.1 Å². The molecule has 64 valence electrons. The predicted octanol–water partition coefficient (Wildman–Crippen LogP) is -0.0256. The molecule has 5 nitrogen and oxygen atoms in total. The first-order valence-corrected chi connectivity index (χ1v) is 3.79. The number of nitrogens with one attached hydrogen (secondary N) is 1. The Labute approximate surface area is 74.8 Å². The molecule has 2 heterocycles. The third-order valence-electron chi connectivity index (χ3n) is 1.49. The topological polar surface area (TPSA) is 57.8 Å². The average Bonchev–Trinajstić information content (AvgIpc) is 2.69. The number of nitrogens with zero attached hydrogens (tertiary/aromatic N) is 4. The van der Waals surface area contributed by atoms with Crippen molar-refractivity contribution in [2.24, 2.45) is 5.10 Å². The van der Waals surface area contributed by atoms with E-state index in [9.17, 15) is 0 Å². The molecule has 2 aromatic heterocycles. The maximum Gasteiger partial charge on any atom is 0.288 e. The number of pyridine rings is 1. The van der Waals surface area contributed by atoms with Crippen molar-refractivity contribution in [1.82, 2.24) is 15.2 Å². The maximum absolute atomic E-state index is 4.11. The van der Waals surface area contributed by atoms with E-state index in [0.717, 1.165) is 5.56 Å². The Morgan fingerprint density at radius 3 is 2.92 bits per heavy atom. The van der Waals surface area contributed by atoms with Crippen LogP contribution >= 0.6 is 0 Å². The molecule has 0 aliphatic rings. The molecular formula is C8H8N5+. The summed E-state index contributed by atoms with van der Waals surface area (Å²) < 4.78 is 1.58. The molecule has 0 atom stereocenters. The van der Waals surface area contributed by atoms with Gasteiger partial charge >= 0.3 is 0 Å². The van der Waals surface area contributed by atoms with Crippen LogP contribution in [0.2, 0.25) is 0 Å². The molecule has 5 heteroatoms. The van der Waals surface area contributed by atoms with Gasteiger partial charge in [-0.2, -0.15) is 0 Å². The summed E-state index contributed by atoms with van der Waals surface area (Å²) in [6, 6.07) is 3.76. The van der Waals surface area contributed by atoms with Crippen molar-refractivity contribution in [2.75, 3.05) is 0 Å². The van der Waals surface area contributed by atoms with Gasteiger partial charge in [-0.15, -0.1) is 14.9 Å². The summed E-state index contributed by atoms with van der Waals surface area (Å²) in [5.74, 6) is 0. The van der Waals surface area contributed by atoms with Gasteiger partial charge in [0.05, 0.1) is 6.21 Å². The highest BCUT2D eigenvalue weighted by Crippen LogP contribution is 1.89. The zero-order valence-electron chi connectivity index (χ0n) is 6.83. The fourth-order valence-corrected chi connectivity index (χ4v) is 0.864. The molecule has 0 spiro atoms. The molecule has 2 aromatic rings. The Balaban J connectivity index is 2.15. The maximum atomic E-state index is 4.11. The first-order valence-electron chi connectivity index (χ1n) is 3.79. The quantitative estimate of drug-likeness (QED) is 0.513. The SMILES string of the molecule is C(=N\[n+]1cn[nH]c1)/c1ccncc1. The molecule has 0 aromatic carbocycles. The first kappa shape index (κ1) is 7.60. The Kier molecular flexibility index (Phi) is 2.09. The van der Waals surface area contributed by atoms with Gasteiger partial charge in [0.25, 0.3) is 6.33 Å². The van der Waals surface area contributed by atoms with Gasteiger partial charge in [0.15, 0.2) is 0 Å². The van der Waals surface area contributed by atoms with Gasteiger partial charge in [-0.05, 0) is 17.7 Å². The zero-order valence-corrected chi connectivity index (χ0v) is 6.83. The number of aromatic amines is 1. The highest BCUT2D eigenvalue weighted by Gasteiger charge is 1.91. The molecule has 2 rings (SSSR count). The van der Waals surface area contributed by atoms with Crippen LogP contribution in [0.25, 0.3) is 0 Å². The van der Waals surface area contributed by atoms with Gasteiger partial charge in [0.2, 0.25) is 6.33 Å². The molecule has 0 unspecified atom stereocenters. The van der Waals surface area contributed by atoms with Crippen LogP contribution in [0.5, 0.6) is 0 Å². The Morgan fingerprint density at radius 1 is 1.38 bits per heavy atom. The van der Waals surface area contributed by atoms with Crippen molar-refractivity contribution in [3.8, 4) is 0 Å². The largest absolute Gasteiger partial charge is 0.288 e. The van der Waals surface area contributed by atoms with Crippen LogP contribution in [-0.4, -0.2) is 21.4 Å². The molecule has 0 saturated heterocycles. The third-order valence-corrected chi connectivity index (χ3v) is 1.49. The minimum absolute atomic E-state index is 1.00. The fourth-order valence-electron chi connectivity index (χ4n) is 0.864. The van der Waals surface area contributed by atoms with Crippen LogP contribution in [0.3, 0.4) is 0 Å². The van der Waals surface area contributed by atoms with Crippen molar-refractivity contribution in [3.05, 3.63) is 42.7 Å². The summed E-state index contributed by atoms with van der Waals surface area (Å²) >= 11 is 0. The van der Waals surface area contributed by atoms with E-state index in [4.69, 9.17) is 0 Å². The molecule has 0 amide bonds. The van der Waals surface area contributed by atoms with Gasteiger partial charge in [-0.3, -0.25) is 4.98 Å². The first-order chi connectivity index (χ1) is 6.45. The van der Waals surface area contributed by atoms with Gasteiger partial charge in [-0.1, -0.05) is 0 Å². The molecule has 0 fully saturated rings. The molecule has 0 bridgehead atoms. The average molecular weight is 174 g/mol. The minimum atomic E-state index is 1.00. The molecule has 0 radical (unpaired) electrons. The molecule has 0 saturated carbocycles. The summed E-state index contributed by atoms with van der Waals surface area (Å²) in [6.07, 6.45) is 8.41. The lowest BCUT2D eigenvalue weighted by Gasteiger charge is -1.87. The normalized spacial score (nSPS) is 10.8. The standard InChI is InChI=1S/C8H7N5/c1-3-9-4-2-8(1)5-12-13-6-10-11-7-13/h1-7H/p+1/b12-5+. The van der Waals surface area contributed by atoms with E-state index < -0.39 is 0 Å². The van der Waals surface area contributed by atoms with Crippen molar-refractivity contribution < 1.29 is 4.68 Å². The molecular weight excluding hydrogens is 166 g/mol.